The molecular weight excluding hydrogens is 266 g/mol. The highest BCUT2D eigenvalue weighted by Gasteiger charge is 2.14. The number of thiophene rings is 1. The van der Waals surface area contributed by atoms with Crippen molar-refractivity contribution in [2.45, 2.75) is 38.8 Å². The van der Waals surface area contributed by atoms with E-state index < -0.39 is 0 Å². The fourth-order valence-electron chi connectivity index (χ4n) is 2.33. The fraction of sp³-hybridized carbons (Fsp3) is 0.412. The summed E-state index contributed by atoms with van der Waals surface area (Å²) in [5.74, 6) is 0. The van der Waals surface area contributed by atoms with Gasteiger partial charge in [-0.3, -0.25) is 0 Å². The molecule has 2 aromatic rings. The second-order valence-corrected chi connectivity index (χ2v) is 6.32. The van der Waals surface area contributed by atoms with E-state index in [1.165, 1.54) is 15.3 Å². The van der Waals surface area contributed by atoms with Crippen LogP contribution in [0, 0.1) is 0 Å². The van der Waals surface area contributed by atoms with E-state index in [0.717, 1.165) is 12.8 Å². The Morgan fingerprint density at radius 3 is 2.50 bits per heavy atom. The first-order valence-electron chi connectivity index (χ1n) is 7.22. The molecule has 108 valence electrons. The highest BCUT2D eigenvalue weighted by atomic mass is 32.1. The molecule has 1 unspecified atom stereocenters. The summed E-state index contributed by atoms with van der Waals surface area (Å²) in [4.78, 5) is 2.76. The van der Waals surface area contributed by atoms with Crippen LogP contribution in [0.2, 0.25) is 0 Å². The van der Waals surface area contributed by atoms with Gasteiger partial charge in [-0.1, -0.05) is 37.3 Å². The summed E-state index contributed by atoms with van der Waals surface area (Å²) in [5, 5.41) is 13.1. The summed E-state index contributed by atoms with van der Waals surface area (Å²) in [6.07, 6.45) is 1.94. The molecule has 2 nitrogen and oxygen atoms in total. The SMILES string of the molecule is CCc1ccc(C(C)N[C@H](CO)Cc2ccccc2)s1. The Labute approximate surface area is 125 Å². The molecule has 0 bridgehead atoms. The summed E-state index contributed by atoms with van der Waals surface area (Å²) in [7, 11) is 0. The van der Waals surface area contributed by atoms with Gasteiger partial charge in [0.15, 0.2) is 0 Å². The average molecular weight is 289 g/mol. The van der Waals surface area contributed by atoms with Crippen LogP contribution in [0.1, 0.15) is 35.2 Å². The van der Waals surface area contributed by atoms with Crippen molar-refractivity contribution in [1.29, 1.82) is 0 Å². The topological polar surface area (TPSA) is 32.3 Å². The van der Waals surface area contributed by atoms with Crippen LogP contribution in [0.3, 0.4) is 0 Å². The average Bonchev–Trinajstić information content (AvgIpc) is 2.96. The molecule has 1 aromatic carbocycles. The number of benzene rings is 1. The van der Waals surface area contributed by atoms with Gasteiger partial charge in [0.05, 0.1) is 6.61 Å². The maximum atomic E-state index is 9.58. The molecule has 0 saturated heterocycles. The zero-order chi connectivity index (χ0) is 14.4. The van der Waals surface area contributed by atoms with Crippen molar-refractivity contribution in [1.82, 2.24) is 5.32 Å². The smallest absolute Gasteiger partial charge is 0.0588 e. The molecule has 0 spiro atoms. The van der Waals surface area contributed by atoms with Crippen LogP contribution in [0.15, 0.2) is 42.5 Å². The summed E-state index contributed by atoms with van der Waals surface area (Å²) in [6.45, 7) is 4.50. The Balaban J connectivity index is 1.95. The van der Waals surface area contributed by atoms with E-state index in [0.29, 0.717) is 0 Å². The maximum absolute atomic E-state index is 9.58. The highest BCUT2D eigenvalue weighted by molar-refractivity contribution is 7.12. The number of nitrogens with one attached hydrogen (secondary N) is 1. The van der Waals surface area contributed by atoms with E-state index in [4.69, 9.17) is 0 Å². The van der Waals surface area contributed by atoms with Crippen LogP contribution in [0.25, 0.3) is 0 Å². The quantitative estimate of drug-likeness (QED) is 0.817. The van der Waals surface area contributed by atoms with E-state index in [1.807, 2.05) is 29.5 Å². The minimum atomic E-state index is 0.0968. The van der Waals surface area contributed by atoms with Crippen molar-refractivity contribution in [2.75, 3.05) is 6.61 Å². The lowest BCUT2D eigenvalue weighted by atomic mass is 10.1. The van der Waals surface area contributed by atoms with Gasteiger partial charge in [0, 0.05) is 21.8 Å². The minimum Gasteiger partial charge on any atom is -0.395 e. The zero-order valence-electron chi connectivity index (χ0n) is 12.2. The first-order chi connectivity index (χ1) is 9.72. The predicted octanol–water partition coefficient (Wildman–Crippen LogP) is 3.56. The van der Waals surface area contributed by atoms with Gasteiger partial charge in [-0.05, 0) is 37.5 Å². The Morgan fingerprint density at radius 2 is 1.90 bits per heavy atom. The minimum absolute atomic E-state index is 0.0968. The first-order valence-corrected chi connectivity index (χ1v) is 8.04. The van der Waals surface area contributed by atoms with Crippen molar-refractivity contribution in [3.05, 3.63) is 57.8 Å². The normalized spacial score (nSPS) is 14.2. The number of hydrogen-bond acceptors (Lipinski definition) is 3. The summed E-state index contributed by atoms with van der Waals surface area (Å²) >= 11 is 1.86. The zero-order valence-corrected chi connectivity index (χ0v) is 13.0. The van der Waals surface area contributed by atoms with Crippen LogP contribution in [-0.2, 0) is 12.8 Å². The van der Waals surface area contributed by atoms with Gasteiger partial charge in [-0.2, -0.15) is 0 Å². The van der Waals surface area contributed by atoms with E-state index in [1.54, 1.807) is 0 Å². The van der Waals surface area contributed by atoms with Gasteiger partial charge in [0.1, 0.15) is 0 Å². The third-order valence-electron chi connectivity index (χ3n) is 3.49. The van der Waals surface area contributed by atoms with E-state index in [9.17, 15) is 5.11 Å². The molecule has 0 radical (unpaired) electrons. The number of aryl methyl sites for hydroxylation is 1. The number of aliphatic hydroxyl groups is 1. The fourth-order valence-corrected chi connectivity index (χ4v) is 3.29. The van der Waals surface area contributed by atoms with Gasteiger partial charge in [0.2, 0.25) is 0 Å². The Morgan fingerprint density at radius 1 is 1.15 bits per heavy atom. The number of rotatable bonds is 7. The molecule has 3 heteroatoms. The third kappa shape index (κ3) is 4.17. The molecule has 0 aliphatic heterocycles. The lowest BCUT2D eigenvalue weighted by molar-refractivity contribution is 0.233. The van der Waals surface area contributed by atoms with Gasteiger partial charge in [0.25, 0.3) is 0 Å². The predicted molar refractivity (Wildman–Crippen MR) is 86.3 cm³/mol. The Bertz CT molecular complexity index is 509. The molecule has 0 saturated carbocycles. The van der Waals surface area contributed by atoms with Gasteiger partial charge < -0.3 is 10.4 Å². The molecule has 1 heterocycles. The first kappa shape index (κ1) is 15.2. The second-order valence-electron chi connectivity index (χ2n) is 5.12. The number of hydrogen-bond donors (Lipinski definition) is 2. The third-order valence-corrected chi connectivity index (χ3v) is 4.90. The standard InChI is InChI=1S/C17H23NOS/c1-3-16-9-10-17(20-16)13(2)18-15(12-19)11-14-7-5-4-6-8-14/h4-10,13,15,18-19H,3,11-12H2,1-2H3/t13?,15-/m0/s1. The van der Waals surface area contributed by atoms with Crippen LogP contribution in [0.4, 0.5) is 0 Å². The van der Waals surface area contributed by atoms with Crippen molar-refractivity contribution in [2.24, 2.45) is 0 Å². The van der Waals surface area contributed by atoms with Crippen molar-refractivity contribution in [3.63, 3.8) is 0 Å². The molecule has 2 rings (SSSR count). The van der Waals surface area contributed by atoms with E-state index in [2.05, 4.69) is 43.4 Å². The Hall–Kier alpha value is -1.16. The van der Waals surface area contributed by atoms with Crippen LogP contribution >= 0.6 is 11.3 Å². The second kappa shape index (κ2) is 7.58. The van der Waals surface area contributed by atoms with E-state index in [-0.39, 0.29) is 18.7 Å². The molecule has 0 aliphatic rings. The van der Waals surface area contributed by atoms with Gasteiger partial charge in [-0.25, -0.2) is 0 Å². The van der Waals surface area contributed by atoms with E-state index >= 15 is 0 Å². The number of aliphatic hydroxyl groups excluding tert-OH is 1. The highest BCUT2D eigenvalue weighted by Crippen LogP contribution is 2.24. The molecule has 20 heavy (non-hydrogen) atoms. The maximum Gasteiger partial charge on any atom is 0.0588 e. The molecule has 1 aromatic heterocycles. The van der Waals surface area contributed by atoms with Gasteiger partial charge >= 0.3 is 0 Å². The summed E-state index contributed by atoms with van der Waals surface area (Å²) < 4.78 is 0. The van der Waals surface area contributed by atoms with Gasteiger partial charge in [-0.15, -0.1) is 11.3 Å². The lowest BCUT2D eigenvalue weighted by Gasteiger charge is -2.21. The molecule has 0 fully saturated rings. The molecule has 2 atom stereocenters. The lowest BCUT2D eigenvalue weighted by Crippen LogP contribution is -2.36. The van der Waals surface area contributed by atoms with Crippen LogP contribution in [-0.4, -0.2) is 17.8 Å². The monoisotopic (exact) mass is 289 g/mol. The van der Waals surface area contributed by atoms with Crippen LogP contribution in [0.5, 0.6) is 0 Å². The summed E-state index contributed by atoms with van der Waals surface area (Å²) in [5.41, 5.74) is 1.26. The molecule has 0 amide bonds. The largest absolute Gasteiger partial charge is 0.395 e. The Kier molecular flexibility index (Phi) is 5.77. The molecule has 2 N–H and O–H groups in total. The van der Waals surface area contributed by atoms with Crippen LogP contribution < -0.4 is 5.32 Å². The van der Waals surface area contributed by atoms with Crippen molar-refractivity contribution < 1.29 is 5.11 Å². The van der Waals surface area contributed by atoms with Crippen molar-refractivity contribution in [3.8, 4) is 0 Å². The van der Waals surface area contributed by atoms with Crippen molar-refractivity contribution >= 4 is 11.3 Å². The summed E-state index contributed by atoms with van der Waals surface area (Å²) in [6, 6.07) is 15.1. The molecule has 0 aliphatic carbocycles. The molecular formula is C17H23NOS.